The molecule has 18 heavy (non-hydrogen) atoms. The molecule has 0 atom stereocenters. The summed E-state index contributed by atoms with van der Waals surface area (Å²) < 4.78 is 13.5. The highest BCUT2D eigenvalue weighted by Crippen LogP contribution is 2.27. The second-order valence-corrected chi connectivity index (χ2v) is 6.57. The third-order valence-electron chi connectivity index (χ3n) is 2.69. The Morgan fingerprint density at radius 1 is 1.06 bits per heavy atom. The number of benzene rings is 1. The summed E-state index contributed by atoms with van der Waals surface area (Å²) in [6, 6.07) is 6.93. The van der Waals surface area contributed by atoms with E-state index in [4.69, 9.17) is 0 Å². The molecular formula is C15H25ClFN. The molecule has 104 valence electrons. The van der Waals surface area contributed by atoms with Crippen molar-refractivity contribution in [3.8, 4) is 0 Å². The zero-order valence-electron chi connectivity index (χ0n) is 12.0. The van der Waals surface area contributed by atoms with Crippen LogP contribution in [0.4, 0.5) is 4.39 Å². The summed E-state index contributed by atoms with van der Waals surface area (Å²) in [5.41, 5.74) is 1.01. The fourth-order valence-corrected chi connectivity index (χ4v) is 2.36. The van der Waals surface area contributed by atoms with Crippen LogP contribution in [-0.4, -0.2) is 5.54 Å². The Bertz CT molecular complexity index is 369. The van der Waals surface area contributed by atoms with Gasteiger partial charge in [0.1, 0.15) is 5.82 Å². The summed E-state index contributed by atoms with van der Waals surface area (Å²) in [5.74, 6) is -0.133. The molecule has 1 N–H and O–H groups in total. The van der Waals surface area contributed by atoms with Crippen LogP contribution in [0.15, 0.2) is 24.3 Å². The van der Waals surface area contributed by atoms with Gasteiger partial charge in [0.05, 0.1) is 0 Å². The van der Waals surface area contributed by atoms with Gasteiger partial charge in [-0.15, -0.1) is 12.4 Å². The molecule has 0 unspecified atom stereocenters. The first-order valence-corrected chi connectivity index (χ1v) is 6.18. The van der Waals surface area contributed by atoms with Gasteiger partial charge in [-0.3, -0.25) is 0 Å². The maximum atomic E-state index is 13.5. The molecule has 0 aliphatic rings. The molecule has 3 heteroatoms. The van der Waals surface area contributed by atoms with E-state index >= 15 is 0 Å². The van der Waals surface area contributed by atoms with Crippen LogP contribution in [0.2, 0.25) is 0 Å². The molecule has 0 heterocycles. The van der Waals surface area contributed by atoms with Gasteiger partial charge in [-0.25, -0.2) is 4.39 Å². The average molecular weight is 274 g/mol. The summed E-state index contributed by atoms with van der Waals surface area (Å²) >= 11 is 0. The van der Waals surface area contributed by atoms with E-state index in [1.165, 1.54) is 6.07 Å². The average Bonchev–Trinajstić information content (AvgIpc) is 2.13. The number of nitrogens with one attached hydrogen (secondary N) is 1. The number of hydrogen-bond acceptors (Lipinski definition) is 1. The fourth-order valence-electron chi connectivity index (χ4n) is 2.36. The lowest BCUT2D eigenvalue weighted by Crippen LogP contribution is -2.42. The maximum Gasteiger partial charge on any atom is 0.127 e. The molecule has 0 aliphatic heterocycles. The topological polar surface area (TPSA) is 12.0 Å². The predicted molar refractivity (Wildman–Crippen MR) is 78.6 cm³/mol. The van der Waals surface area contributed by atoms with Crippen LogP contribution in [-0.2, 0) is 6.54 Å². The third kappa shape index (κ3) is 6.36. The Kier molecular flexibility index (Phi) is 6.32. The van der Waals surface area contributed by atoms with E-state index in [0.717, 1.165) is 12.0 Å². The highest BCUT2D eigenvalue weighted by molar-refractivity contribution is 5.85. The van der Waals surface area contributed by atoms with Crippen molar-refractivity contribution in [1.82, 2.24) is 5.32 Å². The Hall–Kier alpha value is -0.600. The number of halogens is 2. The zero-order valence-corrected chi connectivity index (χ0v) is 12.8. The van der Waals surface area contributed by atoms with Crippen molar-refractivity contribution in [3.05, 3.63) is 35.6 Å². The van der Waals surface area contributed by atoms with Crippen molar-refractivity contribution in [1.29, 1.82) is 0 Å². The van der Waals surface area contributed by atoms with E-state index in [1.54, 1.807) is 6.07 Å². The smallest absolute Gasteiger partial charge is 0.127 e. The van der Waals surface area contributed by atoms with E-state index in [2.05, 4.69) is 39.9 Å². The summed E-state index contributed by atoms with van der Waals surface area (Å²) in [6.07, 6.45) is 1.05. The van der Waals surface area contributed by atoms with Crippen LogP contribution < -0.4 is 5.32 Å². The highest BCUT2D eigenvalue weighted by atomic mass is 35.5. The lowest BCUT2D eigenvalue weighted by molar-refractivity contribution is 0.240. The van der Waals surface area contributed by atoms with E-state index in [9.17, 15) is 4.39 Å². The van der Waals surface area contributed by atoms with Gasteiger partial charge in [-0.05, 0) is 31.7 Å². The standard InChI is InChI=1S/C15H24FN.ClH/c1-14(2,3)11-15(4,5)17-10-12-8-6-7-9-13(12)16;/h6-9,17H,10-11H2,1-5H3;1H. The molecule has 1 nitrogen and oxygen atoms in total. The van der Waals surface area contributed by atoms with Gasteiger partial charge in [0.15, 0.2) is 0 Å². The highest BCUT2D eigenvalue weighted by Gasteiger charge is 2.24. The van der Waals surface area contributed by atoms with Gasteiger partial charge in [-0.2, -0.15) is 0 Å². The zero-order chi connectivity index (χ0) is 13.1. The molecule has 0 bridgehead atoms. The molecule has 0 radical (unpaired) electrons. The van der Waals surface area contributed by atoms with Crippen molar-refractivity contribution in [2.75, 3.05) is 0 Å². The molecule has 1 rings (SSSR count). The second-order valence-electron chi connectivity index (χ2n) is 6.57. The monoisotopic (exact) mass is 273 g/mol. The van der Waals surface area contributed by atoms with Crippen LogP contribution in [0.5, 0.6) is 0 Å². The van der Waals surface area contributed by atoms with Crippen molar-refractivity contribution >= 4 is 12.4 Å². The van der Waals surface area contributed by atoms with E-state index in [1.807, 2.05) is 12.1 Å². The van der Waals surface area contributed by atoms with Crippen molar-refractivity contribution < 1.29 is 4.39 Å². The minimum absolute atomic E-state index is 0. The second kappa shape index (κ2) is 6.53. The Labute approximate surface area is 117 Å². The number of rotatable bonds is 4. The predicted octanol–water partition coefficient (Wildman–Crippen LogP) is 4.55. The van der Waals surface area contributed by atoms with Gasteiger partial charge in [0, 0.05) is 17.6 Å². The summed E-state index contributed by atoms with van der Waals surface area (Å²) in [4.78, 5) is 0. The minimum Gasteiger partial charge on any atom is -0.308 e. The van der Waals surface area contributed by atoms with Crippen LogP contribution in [0.3, 0.4) is 0 Å². The van der Waals surface area contributed by atoms with Crippen LogP contribution >= 0.6 is 12.4 Å². The van der Waals surface area contributed by atoms with Crippen molar-refractivity contribution in [2.45, 2.75) is 53.1 Å². The van der Waals surface area contributed by atoms with Gasteiger partial charge in [-0.1, -0.05) is 39.0 Å². The Balaban J connectivity index is 0.00000289. The maximum absolute atomic E-state index is 13.5. The normalized spacial score (nSPS) is 12.1. The first kappa shape index (κ1) is 17.4. The molecular weight excluding hydrogens is 249 g/mol. The van der Waals surface area contributed by atoms with Gasteiger partial charge < -0.3 is 5.32 Å². The van der Waals surface area contributed by atoms with E-state index in [0.29, 0.717) is 6.54 Å². The summed E-state index contributed by atoms with van der Waals surface area (Å²) in [5, 5.41) is 3.43. The molecule has 0 saturated heterocycles. The van der Waals surface area contributed by atoms with Crippen molar-refractivity contribution in [2.24, 2.45) is 5.41 Å². The number of hydrogen-bond donors (Lipinski definition) is 1. The van der Waals surface area contributed by atoms with Crippen molar-refractivity contribution in [3.63, 3.8) is 0 Å². The lowest BCUT2D eigenvalue weighted by Gasteiger charge is -2.33. The van der Waals surface area contributed by atoms with E-state index < -0.39 is 0 Å². The Morgan fingerprint density at radius 3 is 2.11 bits per heavy atom. The van der Waals surface area contributed by atoms with Gasteiger partial charge in [0.25, 0.3) is 0 Å². The van der Waals surface area contributed by atoms with Gasteiger partial charge >= 0.3 is 0 Å². The lowest BCUT2D eigenvalue weighted by atomic mass is 9.82. The van der Waals surface area contributed by atoms with E-state index in [-0.39, 0.29) is 29.2 Å². The Morgan fingerprint density at radius 2 is 1.61 bits per heavy atom. The minimum atomic E-state index is -0.133. The molecule has 1 aromatic rings. The first-order valence-electron chi connectivity index (χ1n) is 6.18. The van der Waals surface area contributed by atoms with Crippen LogP contribution in [0.1, 0.15) is 46.6 Å². The summed E-state index contributed by atoms with van der Waals surface area (Å²) in [7, 11) is 0. The molecule has 0 amide bonds. The third-order valence-corrected chi connectivity index (χ3v) is 2.69. The quantitative estimate of drug-likeness (QED) is 0.848. The van der Waals surface area contributed by atoms with Crippen LogP contribution in [0, 0.1) is 11.2 Å². The fraction of sp³-hybridized carbons (Fsp3) is 0.600. The first-order chi connectivity index (χ1) is 7.70. The SMILES string of the molecule is CC(C)(C)CC(C)(C)NCc1ccccc1F.Cl. The largest absolute Gasteiger partial charge is 0.308 e. The molecule has 1 aromatic carbocycles. The summed E-state index contributed by atoms with van der Waals surface area (Å²) in [6.45, 7) is 11.6. The molecule has 0 spiro atoms. The molecule has 0 saturated carbocycles. The molecule has 0 aromatic heterocycles. The van der Waals surface area contributed by atoms with Gasteiger partial charge in [0.2, 0.25) is 0 Å². The van der Waals surface area contributed by atoms with Crippen LogP contribution in [0.25, 0.3) is 0 Å². The molecule has 0 aliphatic carbocycles. The molecule has 0 fully saturated rings.